The highest BCUT2D eigenvalue weighted by atomic mass is 16.5. The van der Waals surface area contributed by atoms with E-state index < -0.39 is 0 Å². The SMILES string of the molecule is COC(=O)Cc1c[nH]c2ccccc12.COC(=O)Cc1cn(C)c2ccccc12. The van der Waals surface area contributed by atoms with Gasteiger partial charge in [0.05, 0.1) is 27.1 Å². The van der Waals surface area contributed by atoms with Crippen LogP contribution in [0.2, 0.25) is 0 Å². The third kappa shape index (κ3) is 4.66. The number of ether oxygens (including phenoxy) is 2. The van der Waals surface area contributed by atoms with Crippen molar-refractivity contribution in [3.05, 3.63) is 72.1 Å². The highest BCUT2D eigenvalue weighted by Crippen LogP contribution is 2.21. The monoisotopic (exact) mass is 392 g/mol. The van der Waals surface area contributed by atoms with E-state index in [9.17, 15) is 9.59 Å². The Morgan fingerprint density at radius 2 is 1.45 bits per heavy atom. The first kappa shape index (κ1) is 20.2. The molecule has 0 atom stereocenters. The van der Waals surface area contributed by atoms with Gasteiger partial charge < -0.3 is 19.0 Å². The minimum absolute atomic E-state index is 0.202. The molecule has 0 spiro atoms. The molecule has 0 aliphatic rings. The Morgan fingerprint density at radius 3 is 2.14 bits per heavy atom. The van der Waals surface area contributed by atoms with Crippen LogP contribution in [-0.2, 0) is 39.0 Å². The molecular formula is C23H24N2O4. The average molecular weight is 392 g/mol. The molecule has 29 heavy (non-hydrogen) atoms. The Hall–Kier alpha value is -3.54. The summed E-state index contributed by atoms with van der Waals surface area (Å²) in [5.41, 5.74) is 4.18. The van der Waals surface area contributed by atoms with E-state index in [2.05, 4.69) is 14.5 Å². The number of methoxy groups -OCH3 is 2. The van der Waals surface area contributed by atoms with Gasteiger partial charge in [0, 0.05) is 41.2 Å². The van der Waals surface area contributed by atoms with Gasteiger partial charge in [0.15, 0.2) is 0 Å². The van der Waals surface area contributed by atoms with Crippen molar-refractivity contribution >= 4 is 33.7 Å². The third-order valence-electron chi connectivity index (χ3n) is 4.78. The van der Waals surface area contributed by atoms with E-state index in [1.807, 2.05) is 72.5 Å². The Kier molecular flexibility index (Phi) is 6.34. The molecule has 6 heteroatoms. The highest BCUT2D eigenvalue weighted by Gasteiger charge is 2.10. The van der Waals surface area contributed by atoms with Crippen molar-refractivity contribution in [1.29, 1.82) is 0 Å². The van der Waals surface area contributed by atoms with Gasteiger partial charge in [0.25, 0.3) is 0 Å². The van der Waals surface area contributed by atoms with Gasteiger partial charge in [0.1, 0.15) is 0 Å². The Balaban J connectivity index is 0.000000166. The summed E-state index contributed by atoms with van der Waals surface area (Å²) in [5, 5.41) is 2.20. The van der Waals surface area contributed by atoms with Crippen LogP contribution in [0.25, 0.3) is 21.8 Å². The summed E-state index contributed by atoms with van der Waals surface area (Å²) in [7, 11) is 4.79. The van der Waals surface area contributed by atoms with Crippen molar-refractivity contribution < 1.29 is 19.1 Å². The lowest BCUT2D eigenvalue weighted by atomic mass is 10.1. The van der Waals surface area contributed by atoms with Crippen molar-refractivity contribution in [3.8, 4) is 0 Å². The molecule has 0 amide bonds. The summed E-state index contributed by atoms with van der Waals surface area (Å²) in [6, 6.07) is 15.9. The zero-order valence-corrected chi connectivity index (χ0v) is 16.8. The van der Waals surface area contributed by atoms with Crippen LogP contribution in [0.5, 0.6) is 0 Å². The van der Waals surface area contributed by atoms with Gasteiger partial charge >= 0.3 is 11.9 Å². The number of aromatic amines is 1. The molecule has 0 saturated heterocycles. The lowest BCUT2D eigenvalue weighted by molar-refractivity contribution is -0.140. The number of esters is 2. The first-order valence-electron chi connectivity index (χ1n) is 9.25. The van der Waals surface area contributed by atoms with Crippen LogP contribution in [0.1, 0.15) is 11.1 Å². The summed E-state index contributed by atoms with van der Waals surface area (Å²) in [6.45, 7) is 0. The standard InChI is InChI=1S/C12H13NO2.C11H11NO2/c1-13-8-9(7-12(14)15-2)10-5-3-4-6-11(10)13;1-14-11(13)6-8-7-12-10-5-3-2-4-9(8)10/h3-6,8H,7H2,1-2H3;2-5,7,12H,6H2,1H3. The Morgan fingerprint density at radius 1 is 0.862 bits per heavy atom. The number of carbonyl (C=O) groups excluding carboxylic acids is 2. The first-order chi connectivity index (χ1) is 14.0. The van der Waals surface area contributed by atoms with E-state index in [0.29, 0.717) is 12.8 Å². The summed E-state index contributed by atoms with van der Waals surface area (Å²) in [4.78, 5) is 25.4. The number of H-pyrrole nitrogens is 1. The number of aromatic nitrogens is 2. The second-order valence-corrected chi connectivity index (χ2v) is 6.65. The van der Waals surface area contributed by atoms with Crippen LogP contribution < -0.4 is 0 Å². The molecule has 1 N–H and O–H groups in total. The second-order valence-electron chi connectivity index (χ2n) is 6.65. The molecule has 0 fully saturated rings. The van der Waals surface area contributed by atoms with Crippen LogP contribution in [0.4, 0.5) is 0 Å². The number of nitrogens with one attached hydrogen (secondary N) is 1. The number of fused-ring (bicyclic) bond motifs is 2. The quantitative estimate of drug-likeness (QED) is 0.537. The topological polar surface area (TPSA) is 73.3 Å². The van der Waals surface area contributed by atoms with E-state index in [1.165, 1.54) is 14.2 Å². The summed E-state index contributed by atoms with van der Waals surface area (Å²) in [5.74, 6) is -0.416. The predicted molar refractivity (Wildman–Crippen MR) is 113 cm³/mol. The van der Waals surface area contributed by atoms with Gasteiger partial charge in [-0.05, 0) is 23.3 Å². The number of carbonyl (C=O) groups is 2. The van der Waals surface area contributed by atoms with E-state index in [1.54, 1.807) is 0 Å². The van der Waals surface area contributed by atoms with Crippen LogP contribution >= 0.6 is 0 Å². The smallest absolute Gasteiger partial charge is 0.310 e. The number of hydrogen-bond donors (Lipinski definition) is 1. The van der Waals surface area contributed by atoms with Crippen molar-refractivity contribution in [2.75, 3.05) is 14.2 Å². The zero-order valence-electron chi connectivity index (χ0n) is 16.8. The molecule has 0 unspecified atom stereocenters. The van der Waals surface area contributed by atoms with Crippen molar-refractivity contribution in [2.24, 2.45) is 7.05 Å². The molecular weight excluding hydrogens is 368 g/mol. The minimum Gasteiger partial charge on any atom is -0.469 e. The number of nitrogens with zero attached hydrogens (tertiary/aromatic N) is 1. The molecule has 4 rings (SSSR count). The van der Waals surface area contributed by atoms with Gasteiger partial charge in [-0.3, -0.25) is 9.59 Å². The van der Waals surface area contributed by atoms with Gasteiger partial charge in [-0.2, -0.15) is 0 Å². The van der Waals surface area contributed by atoms with Crippen molar-refractivity contribution in [3.63, 3.8) is 0 Å². The normalized spacial score (nSPS) is 10.4. The lowest BCUT2D eigenvalue weighted by Crippen LogP contribution is -2.03. The van der Waals surface area contributed by atoms with Crippen molar-refractivity contribution in [2.45, 2.75) is 12.8 Å². The van der Waals surface area contributed by atoms with E-state index in [4.69, 9.17) is 0 Å². The average Bonchev–Trinajstić information content (AvgIpc) is 3.30. The Bertz CT molecular complexity index is 1140. The van der Waals surface area contributed by atoms with E-state index in [0.717, 1.165) is 32.9 Å². The fraction of sp³-hybridized carbons (Fsp3) is 0.217. The van der Waals surface area contributed by atoms with Crippen LogP contribution in [0.3, 0.4) is 0 Å². The summed E-state index contributed by atoms with van der Waals surface area (Å²) < 4.78 is 11.3. The molecule has 6 nitrogen and oxygen atoms in total. The molecule has 0 bridgehead atoms. The molecule has 2 aromatic heterocycles. The largest absolute Gasteiger partial charge is 0.469 e. The second kappa shape index (κ2) is 9.10. The van der Waals surface area contributed by atoms with Gasteiger partial charge in [-0.25, -0.2) is 0 Å². The van der Waals surface area contributed by atoms with E-state index in [-0.39, 0.29) is 11.9 Å². The molecule has 2 aromatic carbocycles. The number of aryl methyl sites for hydroxylation is 1. The van der Waals surface area contributed by atoms with Crippen LogP contribution in [-0.4, -0.2) is 35.7 Å². The zero-order chi connectivity index (χ0) is 20.8. The lowest BCUT2D eigenvalue weighted by Gasteiger charge is -1.97. The first-order valence-corrected chi connectivity index (χ1v) is 9.25. The maximum absolute atomic E-state index is 11.2. The summed E-state index contributed by atoms with van der Waals surface area (Å²) >= 11 is 0. The number of rotatable bonds is 4. The molecule has 0 radical (unpaired) electrons. The Labute approximate surface area is 169 Å². The number of benzene rings is 2. The van der Waals surface area contributed by atoms with Gasteiger partial charge in [-0.1, -0.05) is 36.4 Å². The van der Waals surface area contributed by atoms with E-state index >= 15 is 0 Å². The van der Waals surface area contributed by atoms with Crippen LogP contribution in [0, 0.1) is 0 Å². The fourth-order valence-corrected chi connectivity index (χ4v) is 3.30. The maximum Gasteiger partial charge on any atom is 0.310 e. The number of para-hydroxylation sites is 2. The molecule has 0 aliphatic heterocycles. The molecule has 150 valence electrons. The third-order valence-corrected chi connectivity index (χ3v) is 4.78. The summed E-state index contributed by atoms with van der Waals surface area (Å²) in [6.07, 6.45) is 4.47. The van der Waals surface area contributed by atoms with Crippen LogP contribution in [0.15, 0.2) is 60.9 Å². The minimum atomic E-state index is -0.213. The maximum atomic E-state index is 11.2. The van der Waals surface area contributed by atoms with Gasteiger partial charge in [0.2, 0.25) is 0 Å². The number of hydrogen-bond acceptors (Lipinski definition) is 4. The highest BCUT2D eigenvalue weighted by molar-refractivity contribution is 5.88. The molecule has 4 aromatic rings. The van der Waals surface area contributed by atoms with Crippen molar-refractivity contribution in [1.82, 2.24) is 9.55 Å². The molecule has 0 saturated carbocycles. The molecule has 2 heterocycles. The fourth-order valence-electron chi connectivity index (χ4n) is 3.30. The molecule has 0 aliphatic carbocycles. The predicted octanol–water partition coefficient (Wildman–Crippen LogP) is 3.78. The van der Waals surface area contributed by atoms with Gasteiger partial charge in [-0.15, -0.1) is 0 Å².